The highest BCUT2D eigenvalue weighted by molar-refractivity contribution is 5.84. The number of nitrogens with zero attached hydrogens (tertiary/aromatic N) is 2. The lowest BCUT2D eigenvalue weighted by atomic mass is 10.1. The molecule has 0 saturated carbocycles. The van der Waals surface area contributed by atoms with Gasteiger partial charge in [-0.2, -0.15) is 5.10 Å². The molecule has 0 atom stereocenters. The van der Waals surface area contributed by atoms with Gasteiger partial charge in [0, 0.05) is 36.3 Å². The molecule has 2 aromatic carbocycles. The van der Waals surface area contributed by atoms with E-state index in [4.69, 9.17) is 9.15 Å². The van der Waals surface area contributed by atoms with Gasteiger partial charge in [0.1, 0.15) is 11.3 Å². The number of hydrazone groups is 1. The predicted molar refractivity (Wildman–Crippen MR) is 118 cm³/mol. The van der Waals surface area contributed by atoms with E-state index in [-0.39, 0.29) is 6.61 Å². The number of benzene rings is 2. The molecule has 30 heavy (non-hydrogen) atoms. The van der Waals surface area contributed by atoms with Gasteiger partial charge in [-0.15, -0.1) is 0 Å². The molecule has 1 heterocycles. The average molecular weight is 407 g/mol. The van der Waals surface area contributed by atoms with Crippen LogP contribution in [0.15, 0.2) is 62.8 Å². The number of amides is 1. The largest absolute Gasteiger partial charge is 0.484 e. The summed E-state index contributed by atoms with van der Waals surface area (Å²) in [4.78, 5) is 25.7. The number of fused-ring (bicyclic) bond motifs is 1. The summed E-state index contributed by atoms with van der Waals surface area (Å²) >= 11 is 0. The number of carbonyl (C=O) groups excluding carboxylic acids is 1. The minimum absolute atomic E-state index is 0.209. The molecule has 0 aliphatic rings. The summed E-state index contributed by atoms with van der Waals surface area (Å²) in [5.74, 6) is 0.0409. The zero-order chi connectivity index (χ0) is 21.5. The lowest BCUT2D eigenvalue weighted by molar-refractivity contribution is -0.123. The maximum Gasteiger partial charge on any atom is 0.336 e. The third-order valence-corrected chi connectivity index (χ3v) is 4.72. The second-order valence-corrected chi connectivity index (χ2v) is 6.75. The summed E-state index contributed by atoms with van der Waals surface area (Å²) in [6.45, 7) is 7.75. The van der Waals surface area contributed by atoms with Gasteiger partial charge in [0.25, 0.3) is 5.91 Å². The first-order chi connectivity index (χ1) is 14.5. The van der Waals surface area contributed by atoms with Crippen LogP contribution in [0.1, 0.15) is 25.0 Å². The first-order valence-electron chi connectivity index (χ1n) is 9.84. The van der Waals surface area contributed by atoms with Gasteiger partial charge < -0.3 is 14.1 Å². The van der Waals surface area contributed by atoms with Crippen molar-refractivity contribution < 1.29 is 13.9 Å². The lowest BCUT2D eigenvalue weighted by Crippen LogP contribution is -2.24. The molecule has 1 aromatic heterocycles. The Kier molecular flexibility index (Phi) is 6.85. The van der Waals surface area contributed by atoms with Crippen molar-refractivity contribution in [3.05, 3.63) is 70.1 Å². The van der Waals surface area contributed by atoms with Crippen LogP contribution in [0.5, 0.6) is 5.75 Å². The number of hydrogen-bond acceptors (Lipinski definition) is 6. The number of aryl methyl sites for hydroxylation is 1. The number of hydrogen-bond donors (Lipinski definition) is 1. The number of nitrogens with one attached hydrogen (secondary N) is 1. The molecule has 0 aliphatic heterocycles. The highest BCUT2D eigenvalue weighted by Gasteiger charge is 2.06. The van der Waals surface area contributed by atoms with Crippen LogP contribution in [-0.2, 0) is 4.79 Å². The quantitative estimate of drug-likeness (QED) is 0.351. The molecule has 0 unspecified atom stereocenters. The summed E-state index contributed by atoms with van der Waals surface area (Å²) in [5.41, 5.74) is 5.29. The molecule has 0 fully saturated rings. The second-order valence-electron chi connectivity index (χ2n) is 6.75. The van der Waals surface area contributed by atoms with E-state index < -0.39 is 11.5 Å². The summed E-state index contributed by atoms with van der Waals surface area (Å²) in [7, 11) is 0. The van der Waals surface area contributed by atoms with Crippen LogP contribution < -0.4 is 20.7 Å². The molecule has 0 spiro atoms. The first kappa shape index (κ1) is 21.1. The molecule has 1 amide bonds. The highest BCUT2D eigenvalue weighted by atomic mass is 16.5. The topological polar surface area (TPSA) is 84.1 Å². The zero-order valence-corrected chi connectivity index (χ0v) is 17.3. The Labute approximate surface area is 175 Å². The summed E-state index contributed by atoms with van der Waals surface area (Å²) in [6.07, 6.45) is 1.58. The molecule has 0 bridgehead atoms. The second kappa shape index (κ2) is 9.73. The molecule has 3 aromatic rings. The van der Waals surface area contributed by atoms with Crippen LogP contribution in [0.25, 0.3) is 11.0 Å². The Hall–Kier alpha value is -3.61. The Morgan fingerprint density at radius 3 is 2.57 bits per heavy atom. The van der Waals surface area contributed by atoms with E-state index in [1.807, 2.05) is 31.2 Å². The van der Waals surface area contributed by atoms with Crippen molar-refractivity contribution in [1.82, 2.24) is 5.43 Å². The van der Waals surface area contributed by atoms with Crippen LogP contribution in [0, 0.1) is 6.92 Å². The van der Waals surface area contributed by atoms with Gasteiger partial charge in [-0.05, 0) is 56.2 Å². The van der Waals surface area contributed by atoms with E-state index in [2.05, 4.69) is 29.3 Å². The SMILES string of the molecule is CCN(CC)c1ccc(/C=N\NC(=O)COc2ccc3c(C)cc(=O)oc3c2)cc1. The fraction of sp³-hybridized carbons (Fsp3) is 0.261. The molecule has 7 nitrogen and oxygen atoms in total. The third kappa shape index (κ3) is 5.26. The van der Waals surface area contributed by atoms with Gasteiger partial charge in [-0.3, -0.25) is 4.79 Å². The van der Waals surface area contributed by atoms with E-state index in [1.165, 1.54) is 6.07 Å². The van der Waals surface area contributed by atoms with E-state index in [0.29, 0.717) is 11.3 Å². The molecule has 1 N–H and O–H groups in total. The van der Waals surface area contributed by atoms with E-state index in [1.54, 1.807) is 24.4 Å². The third-order valence-electron chi connectivity index (χ3n) is 4.72. The van der Waals surface area contributed by atoms with E-state index in [0.717, 1.165) is 35.3 Å². The Morgan fingerprint density at radius 2 is 1.87 bits per heavy atom. The van der Waals surface area contributed by atoms with Crippen molar-refractivity contribution >= 4 is 28.8 Å². The highest BCUT2D eigenvalue weighted by Crippen LogP contribution is 2.22. The fourth-order valence-electron chi connectivity index (χ4n) is 3.11. The fourth-order valence-corrected chi connectivity index (χ4v) is 3.11. The standard InChI is InChI=1S/C23H25N3O4/c1-4-26(5-2)18-8-6-17(7-9-18)14-24-25-22(27)15-29-19-10-11-20-16(3)12-23(28)30-21(20)13-19/h6-14H,4-5,15H2,1-3H3,(H,25,27)/b24-14-. The molecule has 7 heteroatoms. The number of anilines is 1. The van der Waals surface area contributed by atoms with Crippen LogP contribution in [0.4, 0.5) is 5.69 Å². The van der Waals surface area contributed by atoms with E-state index in [9.17, 15) is 9.59 Å². The van der Waals surface area contributed by atoms with E-state index >= 15 is 0 Å². The first-order valence-corrected chi connectivity index (χ1v) is 9.84. The van der Waals surface area contributed by atoms with Crippen molar-refractivity contribution in [2.24, 2.45) is 5.10 Å². The average Bonchev–Trinajstić information content (AvgIpc) is 2.74. The maximum atomic E-state index is 12.0. The molecule has 0 radical (unpaired) electrons. The Balaban J connectivity index is 1.53. The molecule has 156 valence electrons. The van der Waals surface area contributed by atoms with Gasteiger partial charge in [0.2, 0.25) is 0 Å². The number of ether oxygens (including phenoxy) is 1. The van der Waals surface area contributed by atoms with Crippen LogP contribution in [0.2, 0.25) is 0 Å². The Bertz CT molecular complexity index is 1100. The van der Waals surface area contributed by atoms with Crippen molar-refractivity contribution in [3.63, 3.8) is 0 Å². The van der Waals surface area contributed by atoms with Crippen molar-refractivity contribution in [2.75, 3.05) is 24.6 Å². The lowest BCUT2D eigenvalue weighted by Gasteiger charge is -2.20. The maximum absolute atomic E-state index is 12.0. The molecule has 0 saturated heterocycles. The number of rotatable bonds is 8. The van der Waals surface area contributed by atoms with Crippen LogP contribution in [-0.4, -0.2) is 31.8 Å². The van der Waals surface area contributed by atoms with Gasteiger partial charge in [-0.1, -0.05) is 12.1 Å². The van der Waals surface area contributed by atoms with Gasteiger partial charge in [0.15, 0.2) is 6.61 Å². The predicted octanol–water partition coefficient (Wildman–Crippen LogP) is 3.48. The smallest absolute Gasteiger partial charge is 0.336 e. The summed E-state index contributed by atoms with van der Waals surface area (Å²) in [5, 5.41) is 4.79. The molecule has 0 aliphatic carbocycles. The zero-order valence-electron chi connectivity index (χ0n) is 17.3. The monoisotopic (exact) mass is 407 g/mol. The van der Waals surface area contributed by atoms with Crippen molar-refractivity contribution in [3.8, 4) is 5.75 Å². The van der Waals surface area contributed by atoms with Gasteiger partial charge in [-0.25, -0.2) is 10.2 Å². The summed E-state index contributed by atoms with van der Waals surface area (Å²) in [6, 6.07) is 14.5. The van der Waals surface area contributed by atoms with Crippen LogP contribution >= 0.6 is 0 Å². The van der Waals surface area contributed by atoms with Crippen LogP contribution in [0.3, 0.4) is 0 Å². The molecular weight excluding hydrogens is 382 g/mol. The van der Waals surface area contributed by atoms with Gasteiger partial charge >= 0.3 is 5.63 Å². The van der Waals surface area contributed by atoms with Crippen molar-refractivity contribution in [2.45, 2.75) is 20.8 Å². The molecular formula is C23H25N3O4. The summed E-state index contributed by atoms with van der Waals surface area (Å²) < 4.78 is 10.7. The molecule has 3 rings (SSSR count). The van der Waals surface area contributed by atoms with Crippen molar-refractivity contribution in [1.29, 1.82) is 0 Å². The minimum atomic E-state index is -0.422. The minimum Gasteiger partial charge on any atom is -0.484 e. The van der Waals surface area contributed by atoms with Gasteiger partial charge in [0.05, 0.1) is 6.21 Å². The normalized spacial score (nSPS) is 11.0. The number of carbonyl (C=O) groups is 1. The Morgan fingerprint density at radius 1 is 1.13 bits per heavy atom.